The van der Waals surface area contributed by atoms with Crippen molar-refractivity contribution >= 4 is 11.9 Å². The van der Waals surface area contributed by atoms with Gasteiger partial charge in [0.05, 0.1) is 0 Å². The van der Waals surface area contributed by atoms with Gasteiger partial charge in [0.2, 0.25) is 6.54 Å². The van der Waals surface area contributed by atoms with Crippen LogP contribution in [0.1, 0.15) is 33.6 Å². The normalized spacial score (nSPS) is 21.1. The minimum absolute atomic E-state index is 0.399. The highest BCUT2D eigenvalue weighted by Crippen LogP contribution is 2.30. The molecule has 1 atom stereocenters. The summed E-state index contributed by atoms with van der Waals surface area (Å²) in [4.78, 5) is 33.6. The Morgan fingerprint density at radius 1 is 1.33 bits per heavy atom. The van der Waals surface area contributed by atoms with Crippen molar-refractivity contribution < 1.29 is 24.0 Å². The number of ether oxygens (including phenoxy) is 2. The van der Waals surface area contributed by atoms with Gasteiger partial charge in [-0.05, 0) is 6.42 Å². The predicted octanol–water partition coefficient (Wildman–Crippen LogP) is 1.13. The van der Waals surface area contributed by atoms with E-state index in [-0.39, 0.29) is 0 Å². The fraction of sp³-hybridized carbons (Fsp3) is 0.818. The molecule has 1 heterocycles. The van der Waals surface area contributed by atoms with Gasteiger partial charge in [0, 0.05) is 24.7 Å². The minimum atomic E-state index is -1.30. The summed E-state index contributed by atoms with van der Waals surface area (Å²) >= 11 is 0. The van der Waals surface area contributed by atoms with E-state index in [1.54, 1.807) is 0 Å². The third kappa shape index (κ3) is 3.41. The Labute approximate surface area is 105 Å². The Morgan fingerprint density at radius 3 is 2.22 bits per heavy atom. The first-order chi connectivity index (χ1) is 8.26. The third-order valence-electron chi connectivity index (χ3n) is 2.72. The van der Waals surface area contributed by atoms with Crippen molar-refractivity contribution in [3.63, 3.8) is 0 Å². The number of cyclic esters (lactones) is 2. The van der Waals surface area contributed by atoms with E-state index in [4.69, 9.17) is 9.47 Å². The quantitative estimate of drug-likeness (QED) is 0.318. The first-order valence-electron chi connectivity index (χ1n) is 5.84. The molecule has 1 rings (SSSR count). The fourth-order valence-electron chi connectivity index (χ4n) is 2.04. The van der Waals surface area contributed by atoms with Gasteiger partial charge in [-0.1, -0.05) is 13.3 Å². The van der Waals surface area contributed by atoms with Crippen LogP contribution >= 0.6 is 0 Å². The zero-order valence-electron chi connectivity index (χ0n) is 10.7. The number of hydrogen-bond acceptors (Lipinski definition) is 6. The molecule has 1 aliphatic heterocycles. The number of esters is 2. The smallest absolute Gasteiger partial charge is 0.324 e. The number of nitro groups is 1. The molecule has 0 N–H and O–H groups in total. The molecular weight excluding hydrogens is 242 g/mol. The van der Waals surface area contributed by atoms with Crippen LogP contribution in [0.25, 0.3) is 0 Å². The van der Waals surface area contributed by atoms with Crippen LogP contribution in [0.4, 0.5) is 0 Å². The van der Waals surface area contributed by atoms with Crippen molar-refractivity contribution in [2.75, 3.05) is 6.54 Å². The van der Waals surface area contributed by atoms with Crippen LogP contribution in [0.15, 0.2) is 0 Å². The summed E-state index contributed by atoms with van der Waals surface area (Å²) in [6.07, 6.45) is 1.04. The molecule has 7 nitrogen and oxygen atoms in total. The zero-order chi connectivity index (χ0) is 13.9. The topological polar surface area (TPSA) is 95.7 Å². The van der Waals surface area contributed by atoms with Crippen LogP contribution in [-0.2, 0) is 19.1 Å². The average molecular weight is 259 g/mol. The number of rotatable bonds is 5. The van der Waals surface area contributed by atoms with Crippen LogP contribution in [0.2, 0.25) is 0 Å². The molecule has 1 fully saturated rings. The molecule has 102 valence electrons. The van der Waals surface area contributed by atoms with E-state index in [1.807, 2.05) is 6.92 Å². The van der Waals surface area contributed by atoms with Gasteiger partial charge in [-0.3, -0.25) is 19.7 Å². The zero-order valence-corrected chi connectivity index (χ0v) is 10.7. The van der Waals surface area contributed by atoms with Crippen molar-refractivity contribution in [3.8, 4) is 0 Å². The number of carbonyl (C=O) groups excluding carboxylic acids is 2. The first-order valence-corrected chi connectivity index (χ1v) is 5.84. The van der Waals surface area contributed by atoms with E-state index < -0.39 is 41.0 Å². The summed E-state index contributed by atoms with van der Waals surface area (Å²) in [5.41, 5.74) is 0. The number of carbonyl (C=O) groups is 2. The number of nitrogens with zero attached hydrogens (tertiary/aromatic N) is 1. The summed E-state index contributed by atoms with van der Waals surface area (Å²) in [7, 11) is 0. The Hall–Kier alpha value is -1.66. The Balaban J connectivity index is 2.87. The molecule has 0 aromatic heterocycles. The molecule has 0 aromatic rings. The van der Waals surface area contributed by atoms with Crippen LogP contribution in [0.3, 0.4) is 0 Å². The van der Waals surface area contributed by atoms with Gasteiger partial charge < -0.3 is 9.47 Å². The van der Waals surface area contributed by atoms with E-state index in [0.29, 0.717) is 12.8 Å². The molecule has 7 heteroatoms. The Bertz CT molecular complexity index is 345. The summed E-state index contributed by atoms with van der Waals surface area (Å²) < 4.78 is 9.92. The second kappa shape index (κ2) is 5.32. The molecule has 0 aromatic carbocycles. The summed E-state index contributed by atoms with van der Waals surface area (Å²) in [5.74, 6) is -4.65. The first kappa shape index (κ1) is 14.4. The van der Waals surface area contributed by atoms with Gasteiger partial charge in [0.1, 0.15) is 0 Å². The molecule has 18 heavy (non-hydrogen) atoms. The minimum Gasteiger partial charge on any atom is -0.422 e. The monoisotopic (exact) mass is 259 g/mol. The fourth-order valence-corrected chi connectivity index (χ4v) is 2.04. The Kier molecular flexibility index (Phi) is 4.26. The molecule has 0 aliphatic carbocycles. The molecule has 1 unspecified atom stereocenters. The highest BCUT2D eigenvalue weighted by Gasteiger charge is 2.48. The molecule has 0 amide bonds. The van der Waals surface area contributed by atoms with Gasteiger partial charge >= 0.3 is 11.9 Å². The lowest BCUT2D eigenvalue weighted by atomic mass is 9.87. The largest absolute Gasteiger partial charge is 0.422 e. The molecule has 0 bridgehead atoms. The van der Waals surface area contributed by atoms with Crippen molar-refractivity contribution in [1.29, 1.82) is 0 Å². The lowest BCUT2D eigenvalue weighted by molar-refractivity contribution is -0.489. The van der Waals surface area contributed by atoms with Gasteiger partial charge in [-0.25, -0.2) is 0 Å². The summed E-state index contributed by atoms with van der Waals surface area (Å²) in [5, 5.41) is 10.6. The Morgan fingerprint density at radius 2 is 1.83 bits per heavy atom. The standard InChI is InChI=1S/C11H17NO6/c1-4-5-7(6-12(15)16)8-9(13)17-11(2,3)18-10(8)14/h7-8H,4-6H2,1-3H3. The molecule has 0 spiro atoms. The van der Waals surface area contributed by atoms with Gasteiger partial charge in [0.15, 0.2) is 5.92 Å². The summed E-state index contributed by atoms with van der Waals surface area (Å²) in [6.45, 7) is 4.28. The van der Waals surface area contributed by atoms with Crippen LogP contribution in [0, 0.1) is 22.0 Å². The third-order valence-corrected chi connectivity index (χ3v) is 2.72. The maximum atomic E-state index is 11.8. The van der Waals surface area contributed by atoms with Crippen molar-refractivity contribution in [1.82, 2.24) is 0 Å². The predicted molar refractivity (Wildman–Crippen MR) is 60.0 cm³/mol. The lowest BCUT2D eigenvalue weighted by Crippen LogP contribution is -2.49. The van der Waals surface area contributed by atoms with E-state index >= 15 is 0 Å². The maximum Gasteiger partial charge on any atom is 0.324 e. The van der Waals surface area contributed by atoms with Crippen molar-refractivity contribution in [2.45, 2.75) is 39.4 Å². The maximum absolute atomic E-state index is 11.8. The molecular formula is C11H17NO6. The SMILES string of the molecule is CCCC(C[N+](=O)[O-])C1C(=O)OC(C)(C)OC1=O. The van der Waals surface area contributed by atoms with Crippen molar-refractivity contribution in [3.05, 3.63) is 10.1 Å². The average Bonchev–Trinajstić information content (AvgIpc) is 2.12. The van der Waals surface area contributed by atoms with Crippen LogP contribution < -0.4 is 0 Å². The van der Waals surface area contributed by atoms with Crippen LogP contribution in [-0.4, -0.2) is 29.2 Å². The van der Waals surface area contributed by atoms with E-state index in [2.05, 4.69) is 0 Å². The molecule has 1 saturated heterocycles. The number of hydrogen-bond donors (Lipinski definition) is 0. The lowest BCUT2D eigenvalue weighted by Gasteiger charge is -2.34. The van der Waals surface area contributed by atoms with Crippen molar-refractivity contribution in [2.24, 2.45) is 11.8 Å². The van der Waals surface area contributed by atoms with Gasteiger partial charge in [-0.15, -0.1) is 0 Å². The van der Waals surface area contributed by atoms with Crippen LogP contribution in [0.5, 0.6) is 0 Å². The van der Waals surface area contributed by atoms with E-state index in [0.717, 1.165) is 0 Å². The molecule has 0 radical (unpaired) electrons. The van der Waals surface area contributed by atoms with Gasteiger partial charge in [0.25, 0.3) is 5.79 Å². The molecule has 1 aliphatic rings. The van der Waals surface area contributed by atoms with E-state index in [9.17, 15) is 19.7 Å². The van der Waals surface area contributed by atoms with E-state index in [1.165, 1.54) is 13.8 Å². The van der Waals surface area contributed by atoms with Gasteiger partial charge in [-0.2, -0.15) is 0 Å². The second-order valence-electron chi connectivity index (χ2n) is 4.78. The summed E-state index contributed by atoms with van der Waals surface area (Å²) in [6, 6.07) is 0. The highest BCUT2D eigenvalue weighted by atomic mass is 16.7. The second-order valence-corrected chi connectivity index (χ2v) is 4.78. The molecule has 0 saturated carbocycles. The highest BCUT2D eigenvalue weighted by molar-refractivity contribution is 5.97.